The molecule has 0 saturated carbocycles. The molecule has 1 amide bonds. The van der Waals surface area contributed by atoms with E-state index in [-0.39, 0.29) is 17.4 Å². The fourth-order valence-electron chi connectivity index (χ4n) is 1.48. The highest BCUT2D eigenvalue weighted by molar-refractivity contribution is 9.10. The Labute approximate surface area is 118 Å². The first-order valence-electron chi connectivity index (χ1n) is 5.53. The molecule has 6 heteroatoms. The van der Waals surface area contributed by atoms with Crippen LogP contribution in [-0.2, 0) is 0 Å². The molecule has 2 rings (SSSR count). The smallest absolute Gasteiger partial charge is 0.275 e. The quantitative estimate of drug-likeness (QED) is 0.923. The minimum atomic E-state index is -0.380. The second kappa shape index (κ2) is 5.44. The molecule has 2 aromatic rings. The molecule has 0 atom stereocenters. The summed E-state index contributed by atoms with van der Waals surface area (Å²) < 4.78 is 13.6. The summed E-state index contributed by atoms with van der Waals surface area (Å²) >= 11 is 3.08. The number of hydrogen-bond acceptors (Lipinski definition) is 3. The van der Waals surface area contributed by atoms with Crippen LogP contribution in [0, 0.1) is 19.7 Å². The molecule has 0 aliphatic heterocycles. The van der Waals surface area contributed by atoms with Crippen LogP contribution in [0.5, 0.6) is 0 Å². The zero-order valence-corrected chi connectivity index (χ0v) is 12.0. The molecule has 0 radical (unpaired) electrons. The molecule has 19 heavy (non-hydrogen) atoms. The fourth-order valence-corrected chi connectivity index (χ4v) is 1.82. The third-order valence-corrected chi connectivity index (χ3v) is 3.14. The molecule has 0 aliphatic carbocycles. The molecular formula is C13H11BrFN3O. The number of hydrogen-bond donors (Lipinski definition) is 1. The normalized spacial score (nSPS) is 10.3. The van der Waals surface area contributed by atoms with Crippen molar-refractivity contribution in [3.8, 4) is 0 Å². The summed E-state index contributed by atoms with van der Waals surface area (Å²) in [6.07, 6.45) is 2.92. The lowest BCUT2D eigenvalue weighted by molar-refractivity contribution is 0.102. The molecule has 0 unspecified atom stereocenters. The Morgan fingerprint density at radius 2 is 2.00 bits per heavy atom. The summed E-state index contributed by atoms with van der Waals surface area (Å²) in [5, 5.41) is 2.68. The van der Waals surface area contributed by atoms with Crippen molar-refractivity contribution in [1.82, 2.24) is 9.97 Å². The van der Waals surface area contributed by atoms with Gasteiger partial charge in [0.25, 0.3) is 5.91 Å². The number of nitrogens with one attached hydrogen (secondary N) is 1. The highest BCUT2D eigenvalue weighted by Gasteiger charge is 2.11. The third kappa shape index (κ3) is 3.14. The van der Waals surface area contributed by atoms with Crippen molar-refractivity contribution < 1.29 is 9.18 Å². The van der Waals surface area contributed by atoms with E-state index < -0.39 is 0 Å². The third-order valence-electron chi connectivity index (χ3n) is 2.53. The molecule has 98 valence electrons. The van der Waals surface area contributed by atoms with Gasteiger partial charge in [0.1, 0.15) is 11.5 Å². The van der Waals surface area contributed by atoms with Gasteiger partial charge in [-0.05, 0) is 47.5 Å². The summed E-state index contributed by atoms with van der Waals surface area (Å²) in [4.78, 5) is 19.9. The molecule has 1 N–H and O–H groups in total. The van der Waals surface area contributed by atoms with Crippen molar-refractivity contribution in [2.45, 2.75) is 13.8 Å². The number of halogens is 2. The lowest BCUT2D eigenvalue weighted by Gasteiger charge is -2.09. The van der Waals surface area contributed by atoms with Crippen LogP contribution in [0.3, 0.4) is 0 Å². The average Bonchev–Trinajstić information content (AvgIpc) is 2.36. The molecule has 0 aliphatic rings. The minimum Gasteiger partial charge on any atom is -0.320 e. The van der Waals surface area contributed by atoms with E-state index in [1.54, 1.807) is 13.8 Å². The largest absolute Gasteiger partial charge is 0.320 e. The van der Waals surface area contributed by atoms with Gasteiger partial charge in [0.05, 0.1) is 16.4 Å². The molecule has 0 saturated heterocycles. The number of anilines is 1. The highest BCUT2D eigenvalue weighted by Crippen LogP contribution is 2.24. The lowest BCUT2D eigenvalue weighted by atomic mass is 10.2. The van der Waals surface area contributed by atoms with E-state index in [9.17, 15) is 9.18 Å². The van der Waals surface area contributed by atoms with E-state index in [0.29, 0.717) is 15.7 Å². The standard InChI is InChI=1S/C13H11BrFN3O/c1-7-3-10(15)9(14)4-11(7)18-13(19)12-6-16-8(2)5-17-12/h3-6H,1-2H3,(H,18,19). The van der Waals surface area contributed by atoms with Gasteiger partial charge in [0, 0.05) is 11.9 Å². The topological polar surface area (TPSA) is 54.9 Å². The van der Waals surface area contributed by atoms with E-state index in [2.05, 4.69) is 31.2 Å². The summed E-state index contributed by atoms with van der Waals surface area (Å²) in [6.45, 7) is 3.50. The molecule has 0 bridgehead atoms. The van der Waals surface area contributed by atoms with Gasteiger partial charge in [-0.15, -0.1) is 0 Å². The molecule has 0 spiro atoms. The van der Waals surface area contributed by atoms with Crippen molar-refractivity contribution >= 4 is 27.5 Å². The van der Waals surface area contributed by atoms with Crippen molar-refractivity contribution in [2.75, 3.05) is 5.32 Å². The zero-order chi connectivity index (χ0) is 14.0. The Morgan fingerprint density at radius 1 is 1.26 bits per heavy atom. The van der Waals surface area contributed by atoms with E-state index in [0.717, 1.165) is 5.69 Å². The Bertz CT molecular complexity index is 629. The molecule has 1 heterocycles. The van der Waals surface area contributed by atoms with Crippen LogP contribution in [0.25, 0.3) is 0 Å². The van der Waals surface area contributed by atoms with Gasteiger partial charge in [-0.1, -0.05) is 0 Å². The van der Waals surface area contributed by atoms with Gasteiger partial charge in [0.2, 0.25) is 0 Å². The van der Waals surface area contributed by atoms with E-state index in [1.807, 2.05) is 0 Å². The fraction of sp³-hybridized carbons (Fsp3) is 0.154. The van der Waals surface area contributed by atoms with E-state index >= 15 is 0 Å². The van der Waals surface area contributed by atoms with Crippen LogP contribution in [0.15, 0.2) is 29.0 Å². The predicted molar refractivity (Wildman–Crippen MR) is 73.6 cm³/mol. The first-order chi connectivity index (χ1) is 8.97. The minimum absolute atomic E-state index is 0.213. The SMILES string of the molecule is Cc1cnc(C(=O)Nc2cc(Br)c(F)cc2C)cn1. The van der Waals surface area contributed by atoms with Crippen molar-refractivity contribution in [3.63, 3.8) is 0 Å². The Kier molecular flexibility index (Phi) is 3.90. The number of carbonyl (C=O) groups is 1. The maximum atomic E-state index is 13.3. The highest BCUT2D eigenvalue weighted by atomic mass is 79.9. The number of nitrogens with zero attached hydrogens (tertiary/aromatic N) is 2. The van der Waals surface area contributed by atoms with Gasteiger partial charge in [-0.2, -0.15) is 0 Å². The van der Waals surface area contributed by atoms with Gasteiger partial charge >= 0.3 is 0 Å². The number of carbonyl (C=O) groups excluding carboxylic acids is 1. The molecule has 1 aromatic carbocycles. The first-order valence-corrected chi connectivity index (χ1v) is 6.32. The van der Waals surface area contributed by atoms with Crippen LogP contribution in [0.2, 0.25) is 0 Å². The number of benzene rings is 1. The number of aryl methyl sites for hydroxylation is 2. The molecule has 0 fully saturated rings. The summed E-state index contributed by atoms with van der Waals surface area (Å²) in [7, 11) is 0. The van der Waals surface area contributed by atoms with Crippen LogP contribution >= 0.6 is 15.9 Å². The second-order valence-electron chi connectivity index (χ2n) is 4.08. The Morgan fingerprint density at radius 3 is 2.63 bits per heavy atom. The van der Waals surface area contributed by atoms with Crippen molar-refractivity contribution in [1.29, 1.82) is 0 Å². The van der Waals surface area contributed by atoms with Gasteiger partial charge in [-0.25, -0.2) is 9.37 Å². The van der Waals surface area contributed by atoms with Gasteiger partial charge in [0.15, 0.2) is 0 Å². The predicted octanol–water partition coefficient (Wildman–Crippen LogP) is 3.25. The number of rotatable bonds is 2. The Balaban J connectivity index is 2.24. The van der Waals surface area contributed by atoms with Crippen LogP contribution in [-0.4, -0.2) is 15.9 Å². The monoisotopic (exact) mass is 323 g/mol. The van der Waals surface area contributed by atoms with Crippen LogP contribution in [0.4, 0.5) is 10.1 Å². The molecule has 1 aromatic heterocycles. The summed E-state index contributed by atoms with van der Waals surface area (Å²) in [5.74, 6) is -0.750. The lowest BCUT2D eigenvalue weighted by Crippen LogP contribution is -2.15. The summed E-state index contributed by atoms with van der Waals surface area (Å²) in [6, 6.07) is 2.87. The maximum Gasteiger partial charge on any atom is 0.275 e. The average molecular weight is 324 g/mol. The van der Waals surface area contributed by atoms with Gasteiger partial charge < -0.3 is 5.32 Å². The van der Waals surface area contributed by atoms with Crippen molar-refractivity contribution in [2.24, 2.45) is 0 Å². The number of amides is 1. The number of aromatic nitrogens is 2. The Hall–Kier alpha value is -1.82. The van der Waals surface area contributed by atoms with Crippen LogP contribution in [0.1, 0.15) is 21.7 Å². The van der Waals surface area contributed by atoms with Crippen molar-refractivity contribution in [3.05, 3.63) is 51.8 Å². The maximum absolute atomic E-state index is 13.3. The van der Waals surface area contributed by atoms with Gasteiger partial charge in [-0.3, -0.25) is 9.78 Å². The molecule has 4 nitrogen and oxygen atoms in total. The van der Waals surface area contributed by atoms with Crippen LogP contribution < -0.4 is 5.32 Å². The van der Waals surface area contributed by atoms with E-state index in [1.165, 1.54) is 24.5 Å². The van der Waals surface area contributed by atoms with E-state index in [4.69, 9.17) is 0 Å². The second-order valence-corrected chi connectivity index (χ2v) is 4.93. The zero-order valence-electron chi connectivity index (χ0n) is 10.4. The summed E-state index contributed by atoms with van der Waals surface area (Å²) in [5.41, 5.74) is 2.11. The first kappa shape index (κ1) is 13.6. The molecular weight excluding hydrogens is 313 g/mol.